The average molecular weight is 212 g/mol. The zero-order chi connectivity index (χ0) is 11.3. The predicted octanol–water partition coefficient (Wildman–Crippen LogP) is 3.05. The molecule has 0 aliphatic heterocycles. The number of methoxy groups -OCH3 is 1. The van der Waals surface area contributed by atoms with Gasteiger partial charge in [-0.2, -0.15) is 0 Å². The summed E-state index contributed by atoms with van der Waals surface area (Å²) in [5, 5.41) is 0. The van der Waals surface area contributed by atoms with Crippen LogP contribution in [0, 0.1) is 17.8 Å². The first kappa shape index (κ1) is 12.7. The second kappa shape index (κ2) is 6.26. The fourth-order valence-corrected chi connectivity index (χ4v) is 2.60. The summed E-state index contributed by atoms with van der Waals surface area (Å²) in [6, 6.07) is 0. The molecule has 0 aromatic carbocycles. The molecule has 0 spiro atoms. The van der Waals surface area contributed by atoms with Gasteiger partial charge >= 0.3 is 0 Å². The van der Waals surface area contributed by atoms with Crippen molar-refractivity contribution in [2.75, 3.05) is 13.7 Å². The highest BCUT2D eigenvalue weighted by molar-refractivity contribution is 5.79. The third-order valence-corrected chi connectivity index (χ3v) is 3.66. The molecular weight excluding hydrogens is 188 g/mol. The second-order valence-corrected chi connectivity index (χ2v) is 5.20. The molecule has 0 saturated heterocycles. The van der Waals surface area contributed by atoms with Gasteiger partial charge in [0.15, 0.2) is 5.78 Å². The molecule has 0 atom stereocenters. The molecule has 2 nitrogen and oxygen atoms in total. The van der Waals surface area contributed by atoms with Crippen molar-refractivity contribution in [1.82, 2.24) is 0 Å². The summed E-state index contributed by atoms with van der Waals surface area (Å²) in [4.78, 5) is 11.4. The number of hydrogen-bond donors (Lipinski definition) is 0. The van der Waals surface area contributed by atoms with Crippen LogP contribution in [0.2, 0.25) is 0 Å². The van der Waals surface area contributed by atoms with Gasteiger partial charge in [-0.05, 0) is 43.4 Å². The highest BCUT2D eigenvalue weighted by Crippen LogP contribution is 2.34. The molecule has 0 bridgehead atoms. The summed E-state index contributed by atoms with van der Waals surface area (Å²) in [6.07, 6.45) is 5.82. The van der Waals surface area contributed by atoms with E-state index in [-0.39, 0.29) is 5.78 Å². The first-order chi connectivity index (χ1) is 7.13. The molecule has 0 heterocycles. The van der Waals surface area contributed by atoms with E-state index in [1.807, 2.05) is 0 Å². The van der Waals surface area contributed by atoms with E-state index in [1.54, 1.807) is 7.11 Å². The minimum atomic E-state index is 0.269. The number of Topliss-reactive ketones (excluding diaryl/α,β-unsaturated/α-hetero) is 1. The van der Waals surface area contributed by atoms with Crippen LogP contribution in [0.4, 0.5) is 0 Å². The van der Waals surface area contributed by atoms with Crippen LogP contribution in [0.3, 0.4) is 0 Å². The van der Waals surface area contributed by atoms with Crippen LogP contribution in [0.25, 0.3) is 0 Å². The monoisotopic (exact) mass is 212 g/mol. The van der Waals surface area contributed by atoms with E-state index in [9.17, 15) is 4.79 Å². The number of ether oxygens (including phenoxy) is 1. The molecule has 1 saturated carbocycles. The summed E-state index contributed by atoms with van der Waals surface area (Å²) in [5.74, 6) is 2.59. The van der Waals surface area contributed by atoms with Crippen LogP contribution in [-0.4, -0.2) is 19.5 Å². The molecule has 88 valence electrons. The van der Waals surface area contributed by atoms with Crippen LogP contribution in [0.1, 0.15) is 46.0 Å². The van der Waals surface area contributed by atoms with Crippen molar-refractivity contribution in [3.05, 3.63) is 0 Å². The van der Waals surface area contributed by atoms with Crippen LogP contribution in [0.15, 0.2) is 0 Å². The number of carbonyl (C=O) groups excluding carboxylic acids is 1. The molecule has 0 N–H and O–H groups in total. The van der Waals surface area contributed by atoms with Gasteiger partial charge in [-0.15, -0.1) is 0 Å². The Morgan fingerprint density at radius 3 is 2.33 bits per heavy atom. The fraction of sp³-hybridized carbons (Fsp3) is 0.923. The zero-order valence-electron chi connectivity index (χ0n) is 10.3. The van der Waals surface area contributed by atoms with Gasteiger partial charge in [0.1, 0.15) is 6.61 Å². The van der Waals surface area contributed by atoms with Crippen LogP contribution >= 0.6 is 0 Å². The Labute approximate surface area is 93.4 Å². The number of ketones is 1. The van der Waals surface area contributed by atoms with Gasteiger partial charge in [0.05, 0.1) is 0 Å². The van der Waals surface area contributed by atoms with Crippen molar-refractivity contribution in [2.24, 2.45) is 17.8 Å². The Bertz CT molecular complexity index is 191. The van der Waals surface area contributed by atoms with E-state index < -0.39 is 0 Å². The number of rotatable bonds is 5. The Morgan fingerprint density at radius 2 is 1.87 bits per heavy atom. The van der Waals surface area contributed by atoms with E-state index >= 15 is 0 Å². The van der Waals surface area contributed by atoms with E-state index in [0.29, 0.717) is 12.5 Å². The van der Waals surface area contributed by atoms with Gasteiger partial charge < -0.3 is 4.74 Å². The molecule has 2 heteroatoms. The van der Waals surface area contributed by atoms with E-state index in [4.69, 9.17) is 4.74 Å². The van der Waals surface area contributed by atoms with Gasteiger partial charge in [-0.3, -0.25) is 4.79 Å². The van der Waals surface area contributed by atoms with Gasteiger partial charge in [-0.1, -0.05) is 13.8 Å². The Balaban J connectivity index is 2.22. The van der Waals surface area contributed by atoms with Crippen molar-refractivity contribution in [3.63, 3.8) is 0 Å². The van der Waals surface area contributed by atoms with E-state index in [1.165, 1.54) is 25.7 Å². The van der Waals surface area contributed by atoms with Gasteiger partial charge in [0.25, 0.3) is 0 Å². The predicted molar refractivity (Wildman–Crippen MR) is 61.8 cm³/mol. The highest BCUT2D eigenvalue weighted by atomic mass is 16.5. The topological polar surface area (TPSA) is 26.3 Å². The van der Waals surface area contributed by atoms with Gasteiger partial charge in [-0.25, -0.2) is 0 Å². The van der Waals surface area contributed by atoms with Crippen LogP contribution in [0.5, 0.6) is 0 Å². The molecule has 1 fully saturated rings. The van der Waals surface area contributed by atoms with Crippen molar-refractivity contribution < 1.29 is 9.53 Å². The minimum Gasteiger partial charge on any atom is -0.377 e. The molecule has 0 aromatic heterocycles. The highest BCUT2D eigenvalue weighted by Gasteiger charge is 2.24. The molecule has 1 aliphatic rings. The Morgan fingerprint density at radius 1 is 1.27 bits per heavy atom. The van der Waals surface area contributed by atoms with Crippen molar-refractivity contribution in [2.45, 2.75) is 46.0 Å². The van der Waals surface area contributed by atoms with E-state index in [0.717, 1.165) is 18.3 Å². The number of hydrogen-bond acceptors (Lipinski definition) is 2. The summed E-state index contributed by atoms with van der Waals surface area (Å²) in [5.41, 5.74) is 0. The molecule has 0 radical (unpaired) electrons. The third-order valence-electron chi connectivity index (χ3n) is 3.66. The SMILES string of the molecule is COCC(=O)CC1CCC(C(C)C)CC1. The maximum Gasteiger partial charge on any atom is 0.158 e. The quantitative estimate of drug-likeness (QED) is 0.700. The first-order valence-corrected chi connectivity index (χ1v) is 6.14. The van der Waals surface area contributed by atoms with Crippen LogP contribution < -0.4 is 0 Å². The summed E-state index contributed by atoms with van der Waals surface area (Å²) in [6.45, 7) is 4.91. The molecule has 1 rings (SSSR count). The second-order valence-electron chi connectivity index (χ2n) is 5.20. The third kappa shape index (κ3) is 4.33. The first-order valence-electron chi connectivity index (χ1n) is 6.14. The lowest BCUT2D eigenvalue weighted by molar-refractivity contribution is -0.123. The van der Waals surface area contributed by atoms with Crippen molar-refractivity contribution >= 4 is 5.78 Å². The lowest BCUT2D eigenvalue weighted by Gasteiger charge is -2.30. The molecule has 15 heavy (non-hydrogen) atoms. The van der Waals surface area contributed by atoms with Gasteiger partial charge in [0, 0.05) is 13.5 Å². The van der Waals surface area contributed by atoms with E-state index in [2.05, 4.69) is 13.8 Å². The van der Waals surface area contributed by atoms with Crippen molar-refractivity contribution in [1.29, 1.82) is 0 Å². The largest absolute Gasteiger partial charge is 0.377 e. The smallest absolute Gasteiger partial charge is 0.158 e. The summed E-state index contributed by atoms with van der Waals surface area (Å²) in [7, 11) is 1.59. The summed E-state index contributed by atoms with van der Waals surface area (Å²) < 4.78 is 4.85. The standard InChI is InChI=1S/C13H24O2/c1-10(2)12-6-4-11(5-7-12)8-13(14)9-15-3/h10-12H,4-9H2,1-3H3. The number of carbonyl (C=O) groups is 1. The molecule has 1 aliphatic carbocycles. The van der Waals surface area contributed by atoms with Crippen molar-refractivity contribution in [3.8, 4) is 0 Å². The lowest BCUT2D eigenvalue weighted by atomic mass is 9.75. The Hall–Kier alpha value is -0.370. The molecule has 0 aromatic rings. The molecular formula is C13H24O2. The Kier molecular flexibility index (Phi) is 5.30. The van der Waals surface area contributed by atoms with Gasteiger partial charge in [0.2, 0.25) is 0 Å². The zero-order valence-corrected chi connectivity index (χ0v) is 10.3. The molecule has 0 amide bonds. The fourth-order valence-electron chi connectivity index (χ4n) is 2.60. The summed E-state index contributed by atoms with van der Waals surface area (Å²) >= 11 is 0. The lowest BCUT2D eigenvalue weighted by Crippen LogP contribution is -2.21. The average Bonchev–Trinajstić information content (AvgIpc) is 2.18. The van der Waals surface area contributed by atoms with Crippen LogP contribution in [-0.2, 0) is 9.53 Å². The molecule has 0 unspecified atom stereocenters. The maximum atomic E-state index is 11.4. The maximum absolute atomic E-state index is 11.4. The normalized spacial score (nSPS) is 26.9. The minimum absolute atomic E-state index is 0.269.